The van der Waals surface area contributed by atoms with Crippen LogP contribution >= 0.6 is 0 Å². The predicted molar refractivity (Wildman–Crippen MR) is 71.8 cm³/mol. The summed E-state index contributed by atoms with van der Waals surface area (Å²) >= 11 is 0. The van der Waals surface area contributed by atoms with Gasteiger partial charge in [-0.3, -0.25) is 9.59 Å². The highest BCUT2D eigenvalue weighted by Crippen LogP contribution is 2.52. The first-order chi connectivity index (χ1) is 9.54. The largest absolute Gasteiger partial charge is 0.466 e. The Bertz CT molecular complexity index is 474. The number of hydrogen-bond donors (Lipinski definition) is 0. The Morgan fingerprint density at radius 2 is 2.35 bits per heavy atom. The van der Waals surface area contributed by atoms with Gasteiger partial charge in [0, 0.05) is 6.04 Å². The van der Waals surface area contributed by atoms with E-state index in [-0.39, 0.29) is 24.0 Å². The van der Waals surface area contributed by atoms with E-state index in [9.17, 15) is 9.59 Å². The number of fused-ring (bicyclic) bond motifs is 1. The van der Waals surface area contributed by atoms with Gasteiger partial charge in [-0.1, -0.05) is 19.1 Å². The summed E-state index contributed by atoms with van der Waals surface area (Å²) in [7, 11) is 0. The SMILES string of the molecule is CCOC(=O)[C@H]1[C@@H]2C=C[C@@]3(CN([C@H](C)CC)C(=O)[C@@H]13)O2. The van der Waals surface area contributed by atoms with E-state index in [0.29, 0.717) is 13.2 Å². The van der Waals surface area contributed by atoms with Crippen LogP contribution in [0.4, 0.5) is 0 Å². The third kappa shape index (κ3) is 1.65. The Morgan fingerprint density at radius 1 is 1.60 bits per heavy atom. The smallest absolute Gasteiger partial charge is 0.312 e. The van der Waals surface area contributed by atoms with Crippen molar-refractivity contribution in [3.05, 3.63) is 12.2 Å². The fourth-order valence-corrected chi connectivity index (χ4v) is 3.63. The second kappa shape index (κ2) is 4.58. The fraction of sp³-hybridized carbons (Fsp3) is 0.733. The van der Waals surface area contributed by atoms with E-state index in [1.165, 1.54) is 0 Å². The zero-order valence-corrected chi connectivity index (χ0v) is 12.2. The highest BCUT2D eigenvalue weighted by Gasteiger charge is 2.67. The summed E-state index contributed by atoms with van der Waals surface area (Å²) in [6, 6.07) is 0.168. The van der Waals surface area contributed by atoms with Gasteiger partial charge in [-0.15, -0.1) is 0 Å². The van der Waals surface area contributed by atoms with Crippen molar-refractivity contribution < 1.29 is 19.1 Å². The van der Waals surface area contributed by atoms with Crippen LogP contribution in [0.2, 0.25) is 0 Å². The molecule has 3 rings (SSSR count). The number of ether oxygens (including phenoxy) is 2. The molecular formula is C15H21NO4. The Hall–Kier alpha value is -1.36. The Labute approximate surface area is 118 Å². The van der Waals surface area contributed by atoms with E-state index < -0.39 is 17.4 Å². The number of esters is 1. The molecule has 0 aromatic rings. The standard InChI is InChI=1S/C15H21NO4/c1-4-9(3)16-8-15-7-6-10(20-15)11(12(15)13(16)17)14(18)19-5-2/h6-7,9-12H,4-5,8H2,1-3H3/t9-,10+,11+,12-,15+/m1/s1. The van der Waals surface area contributed by atoms with E-state index in [1.807, 2.05) is 24.0 Å². The van der Waals surface area contributed by atoms with Crippen LogP contribution in [-0.2, 0) is 19.1 Å². The van der Waals surface area contributed by atoms with E-state index >= 15 is 0 Å². The third-order valence-corrected chi connectivity index (χ3v) is 4.81. The average Bonchev–Trinajstić information content (AvgIpc) is 3.06. The minimum absolute atomic E-state index is 0.0317. The first kappa shape index (κ1) is 13.6. The molecule has 3 aliphatic heterocycles. The monoisotopic (exact) mass is 279 g/mol. The first-order valence-corrected chi connectivity index (χ1v) is 7.38. The maximum Gasteiger partial charge on any atom is 0.312 e. The molecule has 5 atom stereocenters. The number of carbonyl (C=O) groups is 2. The summed E-state index contributed by atoms with van der Waals surface area (Å²) < 4.78 is 11.1. The zero-order valence-electron chi connectivity index (χ0n) is 12.2. The fourth-order valence-electron chi connectivity index (χ4n) is 3.63. The molecule has 0 saturated carbocycles. The van der Waals surface area contributed by atoms with Gasteiger partial charge in [0.2, 0.25) is 5.91 Å². The van der Waals surface area contributed by atoms with Crippen LogP contribution < -0.4 is 0 Å². The lowest BCUT2D eigenvalue weighted by Crippen LogP contribution is -2.41. The highest BCUT2D eigenvalue weighted by molar-refractivity contribution is 5.91. The van der Waals surface area contributed by atoms with Crippen LogP contribution in [0.25, 0.3) is 0 Å². The topological polar surface area (TPSA) is 55.8 Å². The Balaban J connectivity index is 1.90. The second-order valence-electron chi connectivity index (χ2n) is 5.88. The molecule has 3 aliphatic rings. The van der Waals surface area contributed by atoms with Crippen LogP contribution in [0.1, 0.15) is 27.2 Å². The van der Waals surface area contributed by atoms with Crippen LogP contribution in [0, 0.1) is 11.8 Å². The number of carbonyl (C=O) groups excluding carboxylic acids is 2. The van der Waals surface area contributed by atoms with Gasteiger partial charge in [0.25, 0.3) is 0 Å². The molecule has 1 spiro atoms. The summed E-state index contributed by atoms with van der Waals surface area (Å²) in [6.07, 6.45) is 4.47. The van der Waals surface area contributed by atoms with Crippen LogP contribution in [0.15, 0.2) is 12.2 Å². The Morgan fingerprint density at radius 3 is 3.00 bits per heavy atom. The lowest BCUT2D eigenvalue weighted by Gasteiger charge is -2.26. The van der Waals surface area contributed by atoms with Crippen molar-refractivity contribution >= 4 is 11.9 Å². The van der Waals surface area contributed by atoms with Crippen molar-refractivity contribution in [1.29, 1.82) is 0 Å². The quantitative estimate of drug-likeness (QED) is 0.572. The van der Waals surface area contributed by atoms with Gasteiger partial charge in [-0.2, -0.15) is 0 Å². The molecule has 2 bridgehead atoms. The molecule has 2 saturated heterocycles. The van der Waals surface area contributed by atoms with Gasteiger partial charge in [-0.25, -0.2) is 0 Å². The number of rotatable bonds is 4. The average molecular weight is 279 g/mol. The molecule has 1 amide bonds. The van der Waals surface area contributed by atoms with Crippen molar-refractivity contribution in [2.45, 2.75) is 44.9 Å². The molecule has 0 N–H and O–H groups in total. The minimum atomic E-state index is -0.609. The van der Waals surface area contributed by atoms with Crippen LogP contribution in [0.5, 0.6) is 0 Å². The molecule has 20 heavy (non-hydrogen) atoms. The molecule has 5 heteroatoms. The Kier molecular flexibility index (Phi) is 3.12. The normalized spacial score (nSPS) is 39.2. The molecule has 5 nitrogen and oxygen atoms in total. The van der Waals surface area contributed by atoms with Gasteiger partial charge in [0.1, 0.15) is 11.5 Å². The maximum absolute atomic E-state index is 12.7. The summed E-state index contributed by atoms with van der Waals surface area (Å²) in [5, 5.41) is 0. The number of amides is 1. The van der Waals surface area contributed by atoms with Crippen LogP contribution in [-0.4, -0.2) is 47.7 Å². The lowest BCUT2D eigenvalue weighted by atomic mass is 9.77. The van der Waals surface area contributed by atoms with Crippen molar-refractivity contribution in [3.8, 4) is 0 Å². The second-order valence-corrected chi connectivity index (χ2v) is 5.88. The van der Waals surface area contributed by atoms with Crippen molar-refractivity contribution in [2.75, 3.05) is 13.2 Å². The van der Waals surface area contributed by atoms with Crippen LogP contribution in [0.3, 0.4) is 0 Å². The van der Waals surface area contributed by atoms with E-state index in [1.54, 1.807) is 6.92 Å². The lowest BCUT2D eigenvalue weighted by molar-refractivity contribution is -0.153. The van der Waals surface area contributed by atoms with Gasteiger partial charge in [-0.05, 0) is 20.3 Å². The molecular weight excluding hydrogens is 258 g/mol. The third-order valence-electron chi connectivity index (χ3n) is 4.81. The molecule has 0 aromatic carbocycles. The molecule has 0 radical (unpaired) electrons. The number of hydrogen-bond acceptors (Lipinski definition) is 4. The zero-order chi connectivity index (χ0) is 14.5. The number of nitrogens with zero attached hydrogens (tertiary/aromatic N) is 1. The van der Waals surface area contributed by atoms with Gasteiger partial charge in [0.05, 0.1) is 25.2 Å². The van der Waals surface area contributed by atoms with Crippen molar-refractivity contribution in [3.63, 3.8) is 0 Å². The summed E-state index contributed by atoms with van der Waals surface area (Å²) in [4.78, 5) is 26.7. The van der Waals surface area contributed by atoms with Gasteiger partial charge in [0.15, 0.2) is 0 Å². The summed E-state index contributed by atoms with van der Waals surface area (Å²) in [5.41, 5.74) is -0.609. The van der Waals surface area contributed by atoms with E-state index in [4.69, 9.17) is 9.47 Å². The van der Waals surface area contributed by atoms with Gasteiger partial charge < -0.3 is 14.4 Å². The molecule has 0 unspecified atom stereocenters. The summed E-state index contributed by atoms with van der Waals surface area (Å²) in [6.45, 7) is 6.74. The number of likely N-dealkylation sites (tertiary alicyclic amines) is 1. The molecule has 0 aliphatic carbocycles. The molecule has 110 valence electrons. The van der Waals surface area contributed by atoms with Crippen molar-refractivity contribution in [2.24, 2.45) is 11.8 Å². The molecule has 2 fully saturated rings. The highest BCUT2D eigenvalue weighted by atomic mass is 16.6. The molecule has 3 heterocycles. The minimum Gasteiger partial charge on any atom is -0.466 e. The van der Waals surface area contributed by atoms with Gasteiger partial charge >= 0.3 is 5.97 Å². The maximum atomic E-state index is 12.7. The summed E-state index contributed by atoms with van der Waals surface area (Å²) in [5.74, 6) is -1.18. The van der Waals surface area contributed by atoms with Crippen molar-refractivity contribution in [1.82, 2.24) is 4.90 Å². The van der Waals surface area contributed by atoms with E-state index in [0.717, 1.165) is 6.42 Å². The molecule has 0 aromatic heterocycles. The van der Waals surface area contributed by atoms with E-state index in [2.05, 4.69) is 6.92 Å². The predicted octanol–water partition coefficient (Wildman–Crippen LogP) is 1.13. The first-order valence-electron chi connectivity index (χ1n) is 7.38.